The number of fused-ring (bicyclic) bond motifs is 1. The summed E-state index contributed by atoms with van der Waals surface area (Å²) in [7, 11) is 0. The lowest BCUT2D eigenvalue weighted by atomic mass is 10.2. The van der Waals surface area contributed by atoms with Gasteiger partial charge in [-0.25, -0.2) is 14.8 Å². The van der Waals surface area contributed by atoms with Crippen molar-refractivity contribution in [3.8, 4) is 0 Å². The molecule has 1 aromatic heterocycles. The molecule has 0 saturated heterocycles. The van der Waals surface area contributed by atoms with Crippen LogP contribution in [0.5, 0.6) is 0 Å². The van der Waals surface area contributed by atoms with Gasteiger partial charge in [0.15, 0.2) is 5.69 Å². The topological polar surface area (TPSA) is 63.1 Å². The van der Waals surface area contributed by atoms with Crippen LogP contribution in [0.2, 0.25) is 5.02 Å². The Balaban J connectivity index is 2.81. The maximum Gasteiger partial charge on any atom is 0.355 e. The van der Waals surface area contributed by atoms with Crippen LogP contribution in [-0.2, 0) is 0 Å². The van der Waals surface area contributed by atoms with E-state index in [9.17, 15) is 4.79 Å². The first-order valence-electron chi connectivity index (χ1n) is 3.82. The largest absolute Gasteiger partial charge is 0.476 e. The molecular weight excluding hydrogens is 204 g/mol. The third kappa shape index (κ3) is 1.40. The van der Waals surface area contributed by atoms with Gasteiger partial charge < -0.3 is 5.11 Å². The molecule has 0 aliphatic heterocycles. The Morgan fingerprint density at radius 3 is 2.86 bits per heavy atom. The number of aromatic carboxylic acids is 1. The molecular formula is C9H5ClN2O2. The van der Waals surface area contributed by atoms with Crippen LogP contribution in [0.1, 0.15) is 10.5 Å². The molecule has 0 amide bonds. The molecule has 4 nitrogen and oxygen atoms in total. The fourth-order valence-corrected chi connectivity index (χ4v) is 1.37. The number of hydrogen-bond donors (Lipinski definition) is 1. The quantitative estimate of drug-likeness (QED) is 0.779. The molecule has 1 aromatic carbocycles. The van der Waals surface area contributed by atoms with Crippen molar-refractivity contribution in [2.24, 2.45) is 0 Å². The van der Waals surface area contributed by atoms with Crippen LogP contribution < -0.4 is 0 Å². The van der Waals surface area contributed by atoms with Gasteiger partial charge in [-0.3, -0.25) is 0 Å². The summed E-state index contributed by atoms with van der Waals surface area (Å²) in [5.74, 6) is -1.07. The van der Waals surface area contributed by atoms with E-state index < -0.39 is 5.97 Å². The number of benzene rings is 1. The second-order valence-corrected chi connectivity index (χ2v) is 3.13. The first-order chi connectivity index (χ1) is 6.68. The number of carboxylic acids is 1. The number of halogens is 1. The van der Waals surface area contributed by atoms with Gasteiger partial charge in [-0.15, -0.1) is 0 Å². The molecule has 1 heterocycles. The maximum absolute atomic E-state index is 10.8. The van der Waals surface area contributed by atoms with Crippen molar-refractivity contribution in [2.75, 3.05) is 0 Å². The molecule has 0 atom stereocenters. The van der Waals surface area contributed by atoms with Crippen molar-refractivity contribution in [2.45, 2.75) is 0 Å². The second kappa shape index (κ2) is 3.23. The SMILES string of the molecule is O=C(O)c1ncnc2cc(Cl)ccc12. The Labute approximate surface area is 84.2 Å². The van der Waals surface area contributed by atoms with Gasteiger partial charge in [0.2, 0.25) is 0 Å². The molecule has 14 heavy (non-hydrogen) atoms. The Morgan fingerprint density at radius 1 is 1.36 bits per heavy atom. The van der Waals surface area contributed by atoms with Crippen molar-refractivity contribution in [1.29, 1.82) is 0 Å². The summed E-state index contributed by atoms with van der Waals surface area (Å²) in [6.07, 6.45) is 1.21. The number of nitrogens with zero attached hydrogens (tertiary/aromatic N) is 2. The summed E-state index contributed by atoms with van der Waals surface area (Å²) in [4.78, 5) is 18.4. The van der Waals surface area contributed by atoms with Gasteiger partial charge in [-0.2, -0.15) is 0 Å². The standard InChI is InChI=1S/C9H5ClN2O2/c10-5-1-2-6-7(3-5)11-4-12-8(6)9(13)14/h1-4H,(H,13,14). The first kappa shape index (κ1) is 8.90. The molecule has 0 aliphatic rings. The Hall–Kier alpha value is -1.68. The van der Waals surface area contributed by atoms with E-state index in [4.69, 9.17) is 16.7 Å². The summed E-state index contributed by atoms with van der Waals surface area (Å²) in [5.41, 5.74) is 0.525. The third-order valence-corrected chi connectivity index (χ3v) is 2.04. The summed E-state index contributed by atoms with van der Waals surface area (Å²) in [6, 6.07) is 4.81. The van der Waals surface area contributed by atoms with Crippen LogP contribution in [0.3, 0.4) is 0 Å². The van der Waals surface area contributed by atoms with Gasteiger partial charge in [0.1, 0.15) is 6.33 Å². The van der Waals surface area contributed by atoms with E-state index in [0.717, 1.165) is 0 Å². The lowest BCUT2D eigenvalue weighted by Gasteiger charge is -2.00. The molecule has 1 N–H and O–H groups in total. The molecule has 0 aliphatic carbocycles. The number of carbonyl (C=O) groups is 1. The third-order valence-electron chi connectivity index (χ3n) is 1.80. The van der Waals surface area contributed by atoms with Crippen molar-refractivity contribution in [3.05, 3.63) is 35.2 Å². The molecule has 0 bridgehead atoms. The highest BCUT2D eigenvalue weighted by atomic mass is 35.5. The molecule has 5 heteroatoms. The number of hydrogen-bond acceptors (Lipinski definition) is 3. The molecule has 0 fully saturated rings. The van der Waals surface area contributed by atoms with Gasteiger partial charge in [0.25, 0.3) is 0 Å². The summed E-state index contributed by atoms with van der Waals surface area (Å²) < 4.78 is 0. The minimum absolute atomic E-state index is 0.00772. The van der Waals surface area contributed by atoms with E-state index >= 15 is 0 Å². The van der Waals surface area contributed by atoms with Crippen LogP contribution >= 0.6 is 11.6 Å². The van der Waals surface area contributed by atoms with Crippen molar-refractivity contribution >= 4 is 28.5 Å². The van der Waals surface area contributed by atoms with Crippen molar-refractivity contribution in [3.63, 3.8) is 0 Å². The van der Waals surface area contributed by atoms with E-state index in [1.165, 1.54) is 6.33 Å². The van der Waals surface area contributed by atoms with Gasteiger partial charge in [0, 0.05) is 10.4 Å². The Kier molecular flexibility index (Phi) is 2.05. The predicted octanol–water partition coefficient (Wildman–Crippen LogP) is 1.98. The van der Waals surface area contributed by atoms with Crippen LogP contribution in [0.25, 0.3) is 10.9 Å². The summed E-state index contributed by atoms with van der Waals surface area (Å²) in [5, 5.41) is 9.84. The number of carboxylic acid groups (broad SMARTS) is 1. The zero-order valence-electron chi connectivity index (χ0n) is 6.94. The number of rotatable bonds is 1. The minimum Gasteiger partial charge on any atom is -0.476 e. The van der Waals surface area contributed by atoms with Crippen LogP contribution in [0, 0.1) is 0 Å². The lowest BCUT2D eigenvalue weighted by Crippen LogP contribution is -2.01. The van der Waals surface area contributed by atoms with Crippen LogP contribution in [0.4, 0.5) is 0 Å². The molecule has 0 radical (unpaired) electrons. The zero-order chi connectivity index (χ0) is 10.1. The van der Waals surface area contributed by atoms with E-state index in [1.807, 2.05) is 0 Å². The molecule has 0 saturated carbocycles. The average molecular weight is 209 g/mol. The fourth-order valence-electron chi connectivity index (χ4n) is 1.20. The fraction of sp³-hybridized carbons (Fsp3) is 0. The van der Waals surface area contributed by atoms with Gasteiger partial charge >= 0.3 is 5.97 Å². The van der Waals surface area contributed by atoms with Gasteiger partial charge in [0.05, 0.1) is 5.52 Å². The highest BCUT2D eigenvalue weighted by Gasteiger charge is 2.10. The summed E-state index contributed by atoms with van der Waals surface area (Å²) >= 11 is 5.74. The Bertz CT molecular complexity index is 513. The van der Waals surface area contributed by atoms with Gasteiger partial charge in [-0.1, -0.05) is 11.6 Å². The molecule has 70 valence electrons. The average Bonchev–Trinajstić information content (AvgIpc) is 2.16. The number of aromatic nitrogens is 2. The van der Waals surface area contributed by atoms with Crippen LogP contribution in [-0.4, -0.2) is 21.0 Å². The van der Waals surface area contributed by atoms with E-state index in [-0.39, 0.29) is 5.69 Å². The van der Waals surface area contributed by atoms with Crippen molar-refractivity contribution in [1.82, 2.24) is 9.97 Å². The van der Waals surface area contributed by atoms with E-state index in [2.05, 4.69) is 9.97 Å². The Morgan fingerprint density at radius 2 is 2.14 bits per heavy atom. The highest BCUT2D eigenvalue weighted by Crippen LogP contribution is 2.19. The minimum atomic E-state index is -1.07. The molecule has 2 rings (SSSR count). The van der Waals surface area contributed by atoms with Crippen LogP contribution in [0.15, 0.2) is 24.5 Å². The van der Waals surface area contributed by atoms with E-state index in [1.54, 1.807) is 18.2 Å². The lowest BCUT2D eigenvalue weighted by molar-refractivity contribution is 0.0692. The summed E-state index contributed by atoms with van der Waals surface area (Å²) in [6.45, 7) is 0. The first-order valence-corrected chi connectivity index (χ1v) is 4.20. The van der Waals surface area contributed by atoms with Crippen molar-refractivity contribution < 1.29 is 9.90 Å². The normalized spacial score (nSPS) is 10.4. The molecule has 2 aromatic rings. The molecule has 0 unspecified atom stereocenters. The maximum atomic E-state index is 10.8. The second-order valence-electron chi connectivity index (χ2n) is 2.69. The smallest absolute Gasteiger partial charge is 0.355 e. The molecule has 0 spiro atoms. The predicted molar refractivity (Wildman–Crippen MR) is 51.5 cm³/mol. The zero-order valence-corrected chi connectivity index (χ0v) is 7.69. The highest BCUT2D eigenvalue weighted by molar-refractivity contribution is 6.31. The van der Waals surface area contributed by atoms with Gasteiger partial charge in [-0.05, 0) is 18.2 Å². The van der Waals surface area contributed by atoms with E-state index in [0.29, 0.717) is 15.9 Å². The monoisotopic (exact) mass is 208 g/mol.